The number of amides is 1. The van der Waals surface area contributed by atoms with E-state index in [9.17, 15) is 4.79 Å². The minimum absolute atomic E-state index is 0.0330. The van der Waals surface area contributed by atoms with E-state index < -0.39 is 0 Å². The highest BCUT2D eigenvalue weighted by molar-refractivity contribution is 6.33. The molecule has 0 bridgehead atoms. The van der Waals surface area contributed by atoms with E-state index in [2.05, 4.69) is 15.8 Å². The van der Waals surface area contributed by atoms with E-state index in [1.54, 1.807) is 25.1 Å². The first kappa shape index (κ1) is 15.5. The summed E-state index contributed by atoms with van der Waals surface area (Å²) in [6, 6.07) is 5.05. The minimum atomic E-state index is -0.263. The molecule has 0 saturated heterocycles. The summed E-state index contributed by atoms with van der Waals surface area (Å²) in [6.07, 6.45) is 0.814. The molecule has 1 aliphatic rings. The van der Waals surface area contributed by atoms with Crippen molar-refractivity contribution in [3.63, 3.8) is 0 Å². The molecule has 0 unspecified atom stereocenters. The number of aromatic nitrogens is 1. The van der Waals surface area contributed by atoms with Crippen molar-refractivity contribution in [3.05, 3.63) is 29.0 Å². The maximum absolute atomic E-state index is 11.9. The number of hydrogen-bond donors (Lipinski definition) is 2. The summed E-state index contributed by atoms with van der Waals surface area (Å²) < 4.78 is 16.0. The van der Waals surface area contributed by atoms with Gasteiger partial charge in [-0.15, -0.1) is 0 Å². The molecule has 1 aromatic heterocycles. The van der Waals surface area contributed by atoms with Crippen LogP contribution in [0.4, 0.5) is 11.5 Å². The number of nitrogens with one attached hydrogen (secondary N) is 2. The fraction of sp³-hybridized carbons (Fsp3) is 0.333. The van der Waals surface area contributed by atoms with Gasteiger partial charge < -0.3 is 24.6 Å². The molecule has 8 heteroatoms. The van der Waals surface area contributed by atoms with E-state index in [1.165, 1.54) is 0 Å². The number of rotatable bonds is 4. The van der Waals surface area contributed by atoms with Crippen molar-refractivity contribution in [3.8, 4) is 11.5 Å². The highest BCUT2D eigenvalue weighted by Gasteiger charge is 2.15. The molecule has 2 N–H and O–H groups in total. The minimum Gasteiger partial charge on any atom is -0.490 e. The summed E-state index contributed by atoms with van der Waals surface area (Å²) in [5, 5.41) is 9.75. The Morgan fingerprint density at radius 3 is 2.70 bits per heavy atom. The van der Waals surface area contributed by atoms with Gasteiger partial charge in [-0.1, -0.05) is 16.8 Å². The highest BCUT2D eigenvalue weighted by Crippen LogP contribution is 2.37. The Hall–Kier alpha value is -2.41. The summed E-state index contributed by atoms with van der Waals surface area (Å²) in [4.78, 5) is 11.9. The normalized spacial score (nSPS) is 13.3. The predicted molar refractivity (Wildman–Crippen MR) is 85.4 cm³/mol. The van der Waals surface area contributed by atoms with E-state index in [0.717, 1.165) is 6.42 Å². The van der Waals surface area contributed by atoms with Crippen molar-refractivity contribution < 1.29 is 18.8 Å². The number of carbonyl (C=O) groups excluding carboxylic acids is 1. The van der Waals surface area contributed by atoms with Gasteiger partial charge in [0.05, 0.1) is 30.5 Å². The maximum Gasteiger partial charge on any atom is 0.244 e. The largest absolute Gasteiger partial charge is 0.490 e. The van der Waals surface area contributed by atoms with Crippen LogP contribution < -0.4 is 20.1 Å². The van der Waals surface area contributed by atoms with Crippen molar-refractivity contribution >= 4 is 29.0 Å². The van der Waals surface area contributed by atoms with Crippen LogP contribution in [0.3, 0.4) is 0 Å². The van der Waals surface area contributed by atoms with Crippen molar-refractivity contribution in [1.29, 1.82) is 0 Å². The number of nitrogens with zero attached hydrogens (tertiary/aromatic N) is 1. The van der Waals surface area contributed by atoms with Gasteiger partial charge in [-0.05, 0) is 6.92 Å². The molecule has 3 rings (SSSR count). The standard InChI is InChI=1S/C15H16ClN3O4/c1-9-5-14(19-23-9)18-15(20)8-17-11-7-13-12(6-10(11)16)21-3-2-4-22-13/h5-7,17H,2-4,8H2,1H3,(H,18,19,20). The Balaban J connectivity index is 1.63. The van der Waals surface area contributed by atoms with Crippen LogP contribution in [0, 0.1) is 6.92 Å². The number of fused-ring (bicyclic) bond motifs is 1. The molecule has 23 heavy (non-hydrogen) atoms. The molecule has 122 valence electrons. The van der Waals surface area contributed by atoms with Crippen LogP contribution in [0.25, 0.3) is 0 Å². The zero-order valence-electron chi connectivity index (χ0n) is 12.5. The number of benzene rings is 1. The molecule has 0 saturated carbocycles. The molecule has 0 radical (unpaired) electrons. The Labute approximate surface area is 137 Å². The highest BCUT2D eigenvalue weighted by atomic mass is 35.5. The molecule has 0 fully saturated rings. The molecule has 2 heterocycles. The maximum atomic E-state index is 11.9. The van der Waals surface area contributed by atoms with E-state index >= 15 is 0 Å². The number of hydrogen-bond acceptors (Lipinski definition) is 6. The zero-order chi connectivity index (χ0) is 16.2. The first-order valence-electron chi connectivity index (χ1n) is 7.18. The fourth-order valence-corrected chi connectivity index (χ4v) is 2.33. The van der Waals surface area contributed by atoms with Gasteiger partial charge in [0.2, 0.25) is 5.91 Å². The Kier molecular flexibility index (Phi) is 4.57. The lowest BCUT2D eigenvalue weighted by Gasteiger charge is -2.12. The Bertz CT molecular complexity index is 717. The molecular weight excluding hydrogens is 322 g/mol. The zero-order valence-corrected chi connectivity index (χ0v) is 13.3. The monoisotopic (exact) mass is 337 g/mol. The summed E-state index contributed by atoms with van der Waals surface area (Å²) in [7, 11) is 0. The van der Waals surface area contributed by atoms with Gasteiger partial charge in [-0.3, -0.25) is 4.79 Å². The van der Waals surface area contributed by atoms with Crippen molar-refractivity contribution in [1.82, 2.24) is 5.16 Å². The molecule has 0 atom stereocenters. The molecular formula is C15H16ClN3O4. The van der Waals surface area contributed by atoms with Gasteiger partial charge >= 0.3 is 0 Å². The van der Waals surface area contributed by atoms with E-state index in [-0.39, 0.29) is 12.5 Å². The number of aryl methyl sites for hydroxylation is 1. The molecule has 0 aliphatic carbocycles. The van der Waals surface area contributed by atoms with Gasteiger partial charge in [-0.25, -0.2) is 0 Å². The summed E-state index contributed by atoms with van der Waals surface area (Å²) in [5.41, 5.74) is 0.599. The van der Waals surface area contributed by atoms with Gasteiger partial charge in [0, 0.05) is 24.6 Å². The first-order chi connectivity index (χ1) is 11.1. The number of ether oxygens (including phenoxy) is 2. The third-order valence-electron chi connectivity index (χ3n) is 3.17. The second kappa shape index (κ2) is 6.78. The lowest BCUT2D eigenvalue weighted by atomic mass is 10.2. The molecule has 1 aromatic carbocycles. The SMILES string of the molecule is Cc1cc(NC(=O)CNc2cc3c(cc2Cl)OCCCO3)no1. The van der Waals surface area contributed by atoms with Crippen LogP contribution >= 0.6 is 11.6 Å². The predicted octanol–water partition coefficient (Wildman–Crippen LogP) is 2.85. The topological polar surface area (TPSA) is 85.6 Å². The van der Waals surface area contributed by atoms with Crippen LogP contribution in [0.1, 0.15) is 12.2 Å². The van der Waals surface area contributed by atoms with Crippen LogP contribution in [0.2, 0.25) is 5.02 Å². The Morgan fingerprint density at radius 2 is 2.00 bits per heavy atom. The van der Waals surface area contributed by atoms with E-state index in [0.29, 0.717) is 47.0 Å². The van der Waals surface area contributed by atoms with Crippen LogP contribution in [0.5, 0.6) is 11.5 Å². The number of anilines is 2. The van der Waals surface area contributed by atoms with Gasteiger partial charge in [-0.2, -0.15) is 0 Å². The van der Waals surface area contributed by atoms with Crippen molar-refractivity contribution in [2.45, 2.75) is 13.3 Å². The molecule has 0 spiro atoms. The first-order valence-corrected chi connectivity index (χ1v) is 7.56. The van der Waals surface area contributed by atoms with Gasteiger partial charge in [0.1, 0.15) is 5.76 Å². The number of halogens is 1. The third kappa shape index (κ3) is 3.87. The summed E-state index contributed by atoms with van der Waals surface area (Å²) in [6.45, 7) is 2.96. The molecule has 2 aromatic rings. The van der Waals surface area contributed by atoms with Crippen molar-refractivity contribution in [2.75, 3.05) is 30.4 Å². The average molecular weight is 338 g/mol. The third-order valence-corrected chi connectivity index (χ3v) is 3.48. The second-order valence-electron chi connectivity index (χ2n) is 5.05. The van der Waals surface area contributed by atoms with Crippen LogP contribution in [0.15, 0.2) is 22.7 Å². The lowest BCUT2D eigenvalue weighted by molar-refractivity contribution is -0.114. The second-order valence-corrected chi connectivity index (χ2v) is 5.46. The van der Waals surface area contributed by atoms with E-state index in [1.807, 2.05) is 0 Å². The van der Waals surface area contributed by atoms with Crippen molar-refractivity contribution in [2.24, 2.45) is 0 Å². The smallest absolute Gasteiger partial charge is 0.244 e. The van der Waals surface area contributed by atoms with Crippen LogP contribution in [-0.2, 0) is 4.79 Å². The fourth-order valence-electron chi connectivity index (χ4n) is 2.11. The summed E-state index contributed by atoms with van der Waals surface area (Å²) >= 11 is 6.20. The van der Waals surface area contributed by atoms with Gasteiger partial charge in [0.15, 0.2) is 17.3 Å². The van der Waals surface area contributed by atoms with Crippen LogP contribution in [-0.4, -0.2) is 30.8 Å². The molecule has 1 amide bonds. The summed E-state index contributed by atoms with van der Waals surface area (Å²) in [5.74, 6) is 1.96. The Morgan fingerprint density at radius 1 is 1.26 bits per heavy atom. The van der Waals surface area contributed by atoms with Gasteiger partial charge in [0.25, 0.3) is 0 Å². The van der Waals surface area contributed by atoms with E-state index in [4.69, 9.17) is 25.6 Å². The molecule has 1 aliphatic heterocycles. The lowest BCUT2D eigenvalue weighted by Crippen LogP contribution is -2.22. The molecule has 7 nitrogen and oxygen atoms in total. The quantitative estimate of drug-likeness (QED) is 0.892. The number of carbonyl (C=O) groups is 1. The average Bonchev–Trinajstić information content (AvgIpc) is 2.79.